The summed E-state index contributed by atoms with van der Waals surface area (Å²) in [5.74, 6) is -0.496. The van der Waals surface area contributed by atoms with Crippen molar-refractivity contribution in [3.8, 4) is 0 Å². The molecular formula is C15H14F3NO3. The van der Waals surface area contributed by atoms with Crippen molar-refractivity contribution in [2.45, 2.75) is 18.7 Å². The van der Waals surface area contributed by atoms with Crippen LogP contribution in [0, 0.1) is 0 Å². The molecule has 0 bridgehead atoms. The first kappa shape index (κ1) is 16.1. The van der Waals surface area contributed by atoms with Gasteiger partial charge in [-0.2, -0.15) is 13.2 Å². The summed E-state index contributed by atoms with van der Waals surface area (Å²) in [6.07, 6.45) is -3.99. The lowest BCUT2D eigenvalue weighted by Gasteiger charge is -2.13. The van der Waals surface area contributed by atoms with Gasteiger partial charge in [0.25, 0.3) is 5.91 Å². The monoisotopic (exact) mass is 313 g/mol. The van der Waals surface area contributed by atoms with E-state index in [4.69, 9.17) is 4.42 Å². The zero-order valence-electron chi connectivity index (χ0n) is 11.4. The fourth-order valence-corrected chi connectivity index (χ4v) is 1.97. The largest absolute Gasteiger partial charge is 0.467 e. The van der Waals surface area contributed by atoms with Crippen LogP contribution in [-0.4, -0.2) is 17.6 Å². The number of aliphatic hydroxyl groups is 1. The van der Waals surface area contributed by atoms with Gasteiger partial charge in [0.2, 0.25) is 0 Å². The molecule has 0 saturated carbocycles. The van der Waals surface area contributed by atoms with E-state index in [-0.39, 0.29) is 13.0 Å². The smallest absolute Gasteiger partial charge is 0.417 e. The maximum atomic E-state index is 12.8. The molecule has 2 rings (SSSR count). The van der Waals surface area contributed by atoms with Crippen molar-refractivity contribution in [2.75, 3.05) is 6.54 Å². The summed E-state index contributed by atoms with van der Waals surface area (Å²) in [5.41, 5.74) is -1.43. The predicted molar refractivity (Wildman–Crippen MR) is 72.1 cm³/mol. The molecule has 4 nitrogen and oxygen atoms in total. The maximum absolute atomic E-state index is 12.8. The number of hydrogen-bond acceptors (Lipinski definition) is 3. The highest BCUT2D eigenvalue weighted by Crippen LogP contribution is 2.31. The predicted octanol–water partition coefficient (Wildman–Crippen LogP) is 3.15. The molecule has 1 unspecified atom stereocenters. The molecular weight excluding hydrogens is 299 g/mol. The number of aliphatic hydroxyl groups excluding tert-OH is 1. The standard InChI is InChI=1S/C15H14F3NO3/c16-15(17,18)11-5-2-1-4-10(11)14(21)19-8-7-12(20)13-6-3-9-22-13/h1-6,9,12,20H,7-8H2,(H,19,21). The summed E-state index contributed by atoms with van der Waals surface area (Å²) in [5, 5.41) is 12.1. The highest BCUT2D eigenvalue weighted by atomic mass is 19.4. The molecule has 0 aliphatic carbocycles. The van der Waals surface area contributed by atoms with Crippen molar-refractivity contribution in [2.24, 2.45) is 0 Å². The lowest BCUT2D eigenvalue weighted by atomic mass is 10.1. The highest BCUT2D eigenvalue weighted by molar-refractivity contribution is 5.95. The van der Waals surface area contributed by atoms with Crippen molar-refractivity contribution in [1.29, 1.82) is 0 Å². The van der Waals surface area contributed by atoms with Crippen LogP contribution in [0.15, 0.2) is 47.1 Å². The van der Waals surface area contributed by atoms with Gasteiger partial charge in [0.15, 0.2) is 0 Å². The Hall–Kier alpha value is -2.28. The molecule has 1 heterocycles. The second kappa shape index (κ2) is 6.65. The first-order valence-corrected chi connectivity index (χ1v) is 6.55. The van der Waals surface area contributed by atoms with Gasteiger partial charge < -0.3 is 14.8 Å². The number of hydrogen-bond donors (Lipinski definition) is 2. The number of halogens is 3. The number of alkyl halides is 3. The summed E-state index contributed by atoms with van der Waals surface area (Å²) in [7, 11) is 0. The third-order valence-corrected chi connectivity index (χ3v) is 3.05. The molecule has 7 heteroatoms. The van der Waals surface area contributed by atoms with Gasteiger partial charge in [0.05, 0.1) is 17.4 Å². The molecule has 0 fully saturated rings. The molecule has 0 spiro atoms. The fraction of sp³-hybridized carbons (Fsp3) is 0.267. The molecule has 2 aromatic rings. The van der Waals surface area contributed by atoms with E-state index in [2.05, 4.69) is 5.32 Å². The quantitative estimate of drug-likeness (QED) is 0.891. The Kier molecular flexibility index (Phi) is 4.87. The molecule has 0 aliphatic rings. The Morgan fingerprint density at radius 2 is 1.95 bits per heavy atom. The van der Waals surface area contributed by atoms with Gasteiger partial charge in [-0.05, 0) is 30.7 Å². The average molecular weight is 313 g/mol. The third-order valence-electron chi connectivity index (χ3n) is 3.05. The van der Waals surface area contributed by atoms with Gasteiger partial charge in [-0.1, -0.05) is 12.1 Å². The lowest BCUT2D eigenvalue weighted by Crippen LogP contribution is -2.28. The second-order valence-electron chi connectivity index (χ2n) is 4.62. The van der Waals surface area contributed by atoms with E-state index in [1.54, 1.807) is 12.1 Å². The highest BCUT2D eigenvalue weighted by Gasteiger charge is 2.34. The molecule has 22 heavy (non-hydrogen) atoms. The van der Waals surface area contributed by atoms with E-state index in [0.717, 1.165) is 12.1 Å². The number of benzene rings is 1. The summed E-state index contributed by atoms with van der Waals surface area (Å²) in [6, 6.07) is 7.73. The van der Waals surface area contributed by atoms with Crippen LogP contribution in [0.2, 0.25) is 0 Å². The minimum Gasteiger partial charge on any atom is -0.467 e. The first-order valence-electron chi connectivity index (χ1n) is 6.55. The topological polar surface area (TPSA) is 62.5 Å². The zero-order valence-corrected chi connectivity index (χ0v) is 11.4. The van der Waals surface area contributed by atoms with Crippen molar-refractivity contribution in [3.05, 3.63) is 59.5 Å². The lowest BCUT2D eigenvalue weighted by molar-refractivity contribution is -0.137. The van der Waals surface area contributed by atoms with Crippen LogP contribution in [0.3, 0.4) is 0 Å². The summed E-state index contributed by atoms with van der Waals surface area (Å²) in [4.78, 5) is 11.9. The van der Waals surface area contributed by atoms with E-state index in [1.165, 1.54) is 18.4 Å². The van der Waals surface area contributed by atoms with Crippen molar-refractivity contribution < 1.29 is 27.5 Å². The Balaban J connectivity index is 1.96. The summed E-state index contributed by atoms with van der Waals surface area (Å²) >= 11 is 0. The first-order chi connectivity index (χ1) is 10.4. The molecule has 1 aromatic heterocycles. The van der Waals surface area contributed by atoms with Crippen LogP contribution in [0.1, 0.15) is 34.2 Å². The van der Waals surface area contributed by atoms with Crippen LogP contribution in [0.5, 0.6) is 0 Å². The van der Waals surface area contributed by atoms with Gasteiger partial charge in [0.1, 0.15) is 11.9 Å². The van der Waals surface area contributed by atoms with E-state index in [9.17, 15) is 23.1 Å². The van der Waals surface area contributed by atoms with E-state index in [0.29, 0.717) is 5.76 Å². The third kappa shape index (κ3) is 3.88. The van der Waals surface area contributed by atoms with Crippen LogP contribution in [0.4, 0.5) is 13.2 Å². The van der Waals surface area contributed by atoms with Gasteiger partial charge in [-0.3, -0.25) is 4.79 Å². The van der Waals surface area contributed by atoms with Gasteiger partial charge in [0, 0.05) is 6.54 Å². The Labute approximate surface area is 124 Å². The zero-order chi connectivity index (χ0) is 16.2. The normalized spacial score (nSPS) is 12.9. The van der Waals surface area contributed by atoms with Crippen LogP contribution >= 0.6 is 0 Å². The van der Waals surface area contributed by atoms with E-state index < -0.39 is 29.3 Å². The summed E-state index contributed by atoms with van der Waals surface area (Å²) < 4.78 is 43.4. The maximum Gasteiger partial charge on any atom is 0.417 e. The van der Waals surface area contributed by atoms with Crippen LogP contribution < -0.4 is 5.32 Å². The Morgan fingerprint density at radius 3 is 2.59 bits per heavy atom. The average Bonchev–Trinajstić information content (AvgIpc) is 3.00. The molecule has 1 atom stereocenters. The minimum atomic E-state index is -4.60. The molecule has 1 amide bonds. The fourth-order valence-electron chi connectivity index (χ4n) is 1.97. The van der Waals surface area contributed by atoms with Crippen molar-refractivity contribution in [1.82, 2.24) is 5.32 Å². The molecule has 2 N–H and O–H groups in total. The van der Waals surface area contributed by atoms with Crippen LogP contribution in [0.25, 0.3) is 0 Å². The number of rotatable bonds is 5. The van der Waals surface area contributed by atoms with Crippen LogP contribution in [-0.2, 0) is 6.18 Å². The second-order valence-corrected chi connectivity index (χ2v) is 4.62. The molecule has 0 radical (unpaired) electrons. The molecule has 0 saturated heterocycles. The number of furan rings is 1. The van der Waals surface area contributed by atoms with E-state index in [1.807, 2.05) is 0 Å². The molecule has 118 valence electrons. The SMILES string of the molecule is O=C(NCCC(O)c1ccco1)c1ccccc1C(F)(F)F. The Morgan fingerprint density at radius 1 is 1.23 bits per heavy atom. The minimum absolute atomic E-state index is 0.0207. The van der Waals surface area contributed by atoms with E-state index >= 15 is 0 Å². The number of nitrogens with one attached hydrogen (secondary N) is 1. The number of carbonyl (C=O) groups excluding carboxylic acids is 1. The van der Waals surface area contributed by atoms with Gasteiger partial charge >= 0.3 is 6.18 Å². The van der Waals surface area contributed by atoms with Crippen molar-refractivity contribution >= 4 is 5.91 Å². The Bertz CT molecular complexity index is 623. The van der Waals surface area contributed by atoms with Gasteiger partial charge in [-0.15, -0.1) is 0 Å². The summed E-state index contributed by atoms with van der Waals surface area (Å²) in [6.45, 7) is 0.0207. The van der Waals surface area contributed by atoms with Gasteiger partial charge in [-0.25, -0.2) is 0 Å². The molecule has 1 aromatic carbocycles. The van der Waals surface area contributed by atoms with Crippen molar-refractivity contribution in [3.63, 3.8) is 0 Å². The molecule has 0 aliphatic heterocycles. The number of amides is 1. The number of carbonyl (C=O) groups is 1.